The van der Waals surface area contributed by atoms with Crippen molar-refractivity contribution in [3.63, 3.8) is 0 Å². The van der Waals surface area contributed by atoms with Gasteiger partial charge in [0.05, 0.1) is 11.1 Å². The summed E-state index contributed by atoms with van der Waals surface area (Å²) < 4.78 is 16.3. The molecule has 33 heavy (non-hydrogen) atoms. The summed E-state index contributed by atoms with van der Waals surface area (Å²) in [5, 5.41) is 5.72. The van der Waals surface area contributed by atoms with Crippen LogP contribution < -0.4 is 20.1 Å². The van der Waals surface area contributed by atoms with E-state index in [1.165, 1.54) is 17.6 Å². The van der Waals surface area contributed by atoms with E-state index in [0.717, 1.165) is 27.5 Å². The Hall–Kier alpha value is -4.04. The fourth-order valence-corrected chi connectivity index (χ4v) is 4.36. The molecule has 2 aromatic heterocycles. The first-order chi connectivity index (χ1) is 16.2. The van der Waals surface area contributed by atoms with Crippen molar-refractivity contribution < 1.29 is 23.5 Å². The smallest absolute Gasteiger partial charge is 0.291 e. The zero-order valence-corrected chi connectivity index (χ0v) is 18.3. The highest BCUT2D eigenvalue weighted by Crippen LogP contribution is 2.36. The number of carbonyl (C=O) groups excluding carboxylic acids is 2. The molecule has 1 aliphatic rings. The maximum absolute atomic E-state index is 12.7. The summed E-state index contributed by atoms with van der Waals surface area (Å²) in [7, 11) is 0. The predicted octanol–water partition coefficient (Wildman–Crippen LogP) is 4.96. The fraction of sp³-hybridized carbons (Fsp3) is 0.120. The van der Waals surface area contributed by atoms with Crippen molar-refractivity contribution in [1.82, 2.24) is 5.32 Å². The van der Waals surface area contributed by atoms with Gasteiger partial charge in [-0.3, -0.25) is 9.59 Å². The van der Waals surface area contributed by atoms with Gasteiger partial charge in [-0.05, 0) is 65.7 Å². The number of carbonyl (C=O) groups is 2. The van der Waals surface area contributed by atoms with Crippen molar-refractivity contribution in [2.75, 3.05) is 18.5 Å². The summed E-state index contributed by atoms with van der Waals surface area (Å²) in [6.45, 7) is 1.41. The van der Waals surface area contributed by atoms with Gasteiger partial charge in [-0.1, -0.05) is 12.1 Å². The van der Waals surface area contributed by atoms with E-state index in [-0.39, 0.29) is 17.6 Å². The van der Waals surface area contributed by atoms with E-state index >= 15 is 0 Å². The Balaban J connectivity index is 1.21. The second kappa shape index (κ2) is 9.22. The molecule has 0 unspecified atom stereocenters. The van der Waals surface area contributed by atoms with Gasteiger partial charge in [-0.15, -0.1) is 11.3 Å². The third-order valence-electron chi connectivity index (χ3n) is 5.04. The number of nitrogens with one attached hydrogen (secondary N) is 2. The van der Waals surface area contributed by atoms with E-state index in [0.29, 0.717) is 30.3 Å². The quantitative estimate of drug-likeness (QED) is 0.424. The molecule has 4 aromatic rings. The summed E-state index contributed by atoms with van der Waals surface area (Å²) in [6.07, 6.45) is 1.45. The highest BCUT2D eigenvalue weighted by atomic mass is 32.1. The summed E-state index contributed by atoms with van der Waals surface area (Å²) in [5.41, 5.74) is 2.47. The molecule has 1 aliphatic heterocycles. The van der Waals surface area contributed by atoms with Crippen LogP contribution in [-0.2, 0) is 6.54 Å². The predicted molar refractivity (Wildman–Crippen MR) is 125 cm³/mol. The highest BCUT2D eigenvalue weighted by Gasteiger charge is 2.15. The normalized spacial score (nSPS) is 12.2. The molecule has 0 atom stereocenters. The number of ether oxygens (including phenoxy) is 2. The van der Waals surface area contributed by atoms with Gasteiger partial charge >= 0.3 is 0 Å². The zero-order valence-electron chi connectivity index (χ0n) is 17.5. The molecule has 2 N–H and O–H groups in total. The number of anilines is 1. The largest absolute Gasteiger partial charge is 0.486 e. The molecule has 0 bridgehead atoms. The second-order valence-corrected chi connectivity index (χ2v) is 8.42. The first kappa shape index (κ1) is 20.8. The molecule has 8 heteroatoms. The Labute approximate surface area is 194 Å². The second-order valence-electron chi connectivity index (χ2n) is 7.34. The Morgan fingerprint density at radius 3 is 2.61 bits per heavy atom. The molecule has 0 radical (unpaired) electrons. The van der Waals surface area contributed by atoms with Crippen molar-refractivity contribution in [2.24, 2.45) is 0 Å². The highest BCUT2D eigenvalue weighted by molar-refractivity contribution is 7.17. The van der Waals surface area contributed by atoms with Crippen LogP contribution in [-0.4, -0.2) is 25.0 Å². The Morgan fingerprint density at radius 1 is 0.879 bits per heavy atom. The number of hydrogen-bond acceptors (Lipinski definition) is 6. The third-order valence-corrected chi connectivity index (χ3v) is 6.17. The Bertz CT molecular complexity index is 1300. The van der Waals surface area contributed by atoms with Crippen LogP contribution in [0.5, 0.6) is 11.5 Å². The average Bonchev–Trinajstić information content (AvgIpc) is 3.55. The number of furan rings is 1. The van der Waals surface area contributed by atoms with Crippen molar-refractivity contribution in [3.8, 4) is 21.9 Å². The van der Waals surface area contributed by atoms with Gasteiger partial charge in [-0.2, -0.15) is 0 Å². The molecule has 0 fully saturated rings. The van der Waals surface area contributed by atoms with Crippen LogP contribution in [0, 0.1) is 0 Å². The lowest BCUT2D eigenvalue weighted by atomic mass is 10.1. The van der Waals surface area contributed by atoms with Gasteiger partial charge < -0.3 is 24.5 Å². The van der Waals surface area contributed by atoms with Crippen molar-refractivity contribution in [2.45, 2.75) is 6.54 Å². The summed E-state index contributed by atoms with van der Waals surface area (Å²) in [4.78, 5) is 26.4. The van der Waals surface area contributed by atoms with Crippen LogP contribution in [0.4, 0.5) is 5.69 Å². The monoisotopic (exact) mass is 460 g/mol. The topological polar surface area (TPSA) is 89.8 Å². The van der Waals surface area contributed by atoms with Crippen LogP contribution in [0.3, 0.4) is 0 Å². The summed E-state index contributed by atoms with van der Waals surface area (Å²) in [6, 6.07) is 20.1. The molecule has 5 rings (SSSR count). The summed E-state index contributed by atoms with van der Waals surface area (Å²) in [5.74, 6) is 1.21. The van der Waals surface area contributed by atoms with Crippen LogP contribution in [0.15, 0.2) is 77.4 Å². The number of fused-ring (bicyclic) bond motifs is 1. The lowest BCUT2D eigenvalue weighted by Crippen LogP contribution is -2.21. The minimum absolute atomic E-state index is 0.159. The molecule has 0 spiro atoms. The first-order valence-electron chi connectivity index (χ1n) is 10.4. The van der Waals surface area contributed by atoms with E-state index in [1.54, 1.807) is 18.2 Å². The van der Waals surface area contributed by atoms with E-state index in [1.807, 2.05) is 48.5 Å². The Morgan fingerprint density at radius 2 is 1.76 bits per heavy atom. The SMILES string of the molecule is O=C(Nc1cccc(CNC(=O)c2ccc(-c3ccc4c(c3)OCCO4)s2)c1)c1ccco1. The number of hydrogen-bond donors (Lipinski definition) is 2. The summed E-state index contributed by atoms with van der Waals surface area (Å²) >= 11 is 1.41. The molecular formula is C25H20N2O5S. The number of rotatable bonds is 6. The lowest BCUT2D eigenvalue weighted by Gasteiger charge is -2.18. The van der Waals surface area contributed by atoms with Gasteiger partial charge in [0.1, 0.15) is 13.2 Å². The first-order valence-corrected chi connectivity index (χ1v) is 11.2. The van der Waals surface area contributed by atoms with E-state index in [2.05, 4.69) is 10.6 Å². The van der Waals surface area contributed by atoms with Crippen LogP contribution in [0.1, 0.15) is 25.8 Å². The van der Waals surface area contributed by atoms with E-state index < -0.39 is 0 Å². The molecule has 7 nitrogen and oxygen atoms in total. The van der Waals surface area contributed by atoms with Crippen LogP contribution in [0.25, 0.3) is 10.4 Å². The lowest BCUT2D eigenvalue weighted by molar-refractivity contribution is 0.0953. The third kappa shape index (κ3) is 4.75. The van der Waals surface area contributed by atoms with Gasteiger partial charge in [0.2, 0.25) is 0 Å². The van der Waals surface area contributed by atoms with Gasteiger partial charge in [0.25, 0.3) is 11.8 Å². The molecule has 0 aliphatic carbocycles. The van der Waals surface area contributed by atoms with Crippen LogP contribution in [0.2, 0.25) is 0 Å². The minimum Gasteiger partial charge on any atom is -0.486 e. The Kier molecular flexibility index (Phi) is 5.82. The number of benzene rings is 2. The van der Waals surface area contributed by atoms with E-state index in [9.17, 15) is 9.59 Å². The standard InChI is InChI=1S/C25H20N2O5S/c28-24(20-5-2-10-30-20)27-18-4-1-3-16(13-18)15-26-25(29)23-9-8-22(33-23)17-6-7-19-21(14-17)32-12-11-31-19/h1-10,13-14H,11-12,15H2,(H,26,29)(H,27,28). The molecular weight excluding hydrogens is 440 g/mol. The molecule has 2 aromatic carbocycles. The number of amides is 2. The molecule has 0 saturated heterocycles. The van der Waals surface area contributed by atoms with Gasteiger partial charge in [0.15, 0.2) is 17.3 Å². The average molecular weight is 461 g/mol. The fourth-order valence-electron chi connectivity index (χ4n) is 3.44. The van der Waals surface area contributed by atoms with Crippen molar-refractivity contribution in [3.05, 3.63) is 89.2 Å². The maximum atomic E-state index is 12.7. The molecule has 3 heterocycles. The van der Waals surface area contributed by atoms with Gasteiger partial charge in [0, 0.05) is 17.1 Å². The molecule has 166 valence electrons. The maximum Gasteiger partial charge on any atom is 0.291 e. The van der Waals surface area contributed by atoms with E-state index in [4.69, 9.17) is 13.9 Å². The van der Waals surface area contributed by atoms with Crippen molar-refractivity contribution >= 4 is 28.8 Å². The van der Waals surface area contributed by atoms with Crippen LogP contribution >= 0.6 is 11.3 Å². The molecule has 0 saturated carbocycles. The minimum atomic E-state index is -0.327. The van der Waals surface area contributed by atoms with Crippen molar-refractivity contribution in [1.29, 1.82) is 0 Å². The molecule has 2 amide bonds. The zero-order chi connectivity index (χ0) is 22.6. The van der Waals surface area contributed by atoms with Gasteiger partial charge in [-0.25, -0.2) is 0 Å². The number of thiophene rings is 1.